The summed E-state index contributed by atoms with van der Waals surface area (Å²) in [6, 6.07) is 11.5. The van der Waals surface area contributed by atoms with E-state index in [1.165, 1.54) is 0 Å². The van der Waals surface area contributed by atoms with Gasteiger partial charge in [0.25, 0.3) is 0 Å². The molecule has 0 aromatic heterocycles. The number of hydrogen-bond acceptors (Lipinski definition) is 4. The Morgan fingerprint density at radius 3 is 1.38 bits per heavy atom. The molecule has 0 spiro atoms. The molecule has 0 heterocycles. The average molecular weight is 287 g/mol. The number of ether oxygens (including phenoxy) is 4. The molecule has 0 aliphatic rings. The molecule has 0 atom stereocenters. The van der Waals surface area contributed by atoms with Crippen molar-refractivity contribution in [2.75, 3.05) is 28.4 Å². The molecule has 21 heavy (non-hydrogen) atoms. The lowest BCUT2D eigenvalue weighted by atomic mass is 10.0. The van der Waals surface area contributed by atoms with Gasteiger partial charge < -0.3 is 18.9 Å². The van der Waals surface area contributed by atoms with E-state index in [1.807, 2.05) is 42.8 Å². The number of rotatable bonds is 6. The Morgan fingerprint density at radius 2 is 1.05 bits per heavy atom. The van der Waals surface area contributed by atoms with Crippen molar-refractivity contribution in [3.63, 3.8) is 0 Å². The first-order valence-electron chi connectivity index (χ1n) is 6.51. The summed E-state index contributed by atoms with van der Waals surface area (Å²) in [5.74, 6) is 2.75. The highest BCUT2D eigenvalue weighted by molar-refractivity contribution is 5.58. The molecule has 0 aliphatic heterocycles. The average Bonchev–Trinajstić information content (AvgIpc) is 2.54. The molecule has 0 bridgehead atoms. The lowest BCUT2D eigenvalue weighted by molar-refractivity contribution is 0.351. The lowest BCUT2D eigenvalue weighted by Gasteiger charge is -2.15. The molecule has 1 radical (unpaired) electrons. The van der Waals surface area contributed by atoms with Gasteiger partial charge in [0.15, 0.2) is 23.0 Å². The number of benzene rings is 2. The Labute approximate surface area is 125 Å². The molecule has 2 rings (SSSR count). The van der Waals surface area contributed by atoms with Crippen molar-refractivity contribution < 1.29 is 18.9 Å². The highest BCUT2D eigenvalue weighted by Crippen LogP contribution is 2.37. The van der Waals surface area contributed by atoms with E-state index in [4.69, 9.17) is 18.9 Å². The zero-order valence-electron chi connectivity index (χ0n) is 12.7. The fraction of sp³-hybridized carbons (Fsp3) is 0.235. The maximum Gasteiger partial charge on any atom is 0.164 e. The quantitative estimate of drug-likeness (QED) is 0.816. The minimum Gasteiger partial charge on any atom is -0.493 e. The largest absolute Gasteiger partial charge is 0.493 e. The van der Waals surface area contributed by atoms with Gasteiger partial charge in [-0.25, -0.2) is 0 Å². The SMILES string of the molecule is COc1cccc([CH]c2cccc(OC)c2OC)c1OC. The zero-order valence-corrected chi connectivity index (χ0v) is 12.7. The van der Waals surface area contributed by atoms with E-state index in [2.05, 4.69) is 0 Å². The highest BCUT2D eigenvalue weighted by Gasteiger charge is 2.15. The Bertz CT molecular complexity index is 554. The van der Waals surface area contributed by atoms with E-state index >= 15 is 0 Å². The van der Waals surface area contributed by atoms with Gasteiger partial charge in [-0.1, -0.05) is 24.3 Å². The molecular weight excluding hydrogens is 268 g/mol. The first-order chi connectivity index (χ1) is 10.2. The molecule has 0 fully saturated rings. The molecule has 0 N–H and O–H groups in total. The molecular formula is C17H19O4. The monoisotopic (exact) mass is 287 g/mol. The third-order valence-corrected chi connectivity index (χ3v) is 3.18. The van der Waals surface area contributed by atoms with Gasteiger partial charge in [-0.2, -0.15) is 0 Å². The van der Waals surface area contributed by atoms with Gasteiger partial charge in [0.1, 0.15) is 0 Å². The first-order valence-corrected chi connectivity index (χ1v) is 6.51. The Kier molecular flexibility index (Phi) is 4.93. The van der Waals surface area contributed by atoms with Crippen LogP contribution in [0, 0.1) is 6.42 Å². The van der Waals surface area contributed by atoms with E-state index in [9.17, 15) is 0 Å². The maximum atomic E-state index is 5.44. The molecule has 2 aromatic rings. The molecule has 4 nitrogen and oxygen atoms in total. The minimum absolute atomic E-state index is 0.685. The van der Waals surface area contributed by atoms with Crippen LogP contribution in [0.4, 0.5) is 0 Å². The topological polar surface area (TPSA) is 36.9 Å². The Hall–Kier alpha value is -2.36. The van der Waals surface area contributed by atoms with Crippen molar-refractivity contribution >= 4 is 0 Å². The number of hydrogen-bond donors (Lipinski definition) is 0. The van der Waals surface area contributed by atoms with Gasteiger partial charge in [-0.15, -0.1) is 0 Å². The van der Waals surface area contributed by atoms with Crippen molar-refractivity contribution in [1.29, 1.82) is 0 Å². The van der Waals surface area contributed by atoms with Gasteiger partial charge in [0.05, 0.1) is 28.4 Å². The van der Waals surface area contributed by atoms with Crippen molar-refractivity contribution in [2.24, 2.45) is 0 Å². The summed E-state index contributed by atoms with van der Waals surface area (Å²) >= 11 is 0. The number of para-hydroxylation sites is 2. The predicted octanol–water partition coefficient (Wildman–Crippen LogP) is 3.32. The molecule has 0 aliphatic carbocycles. The van der Waals surface area contributed by atoms with Crippen LogP contribution >= 0.6 is 0 Å². The van der Waals surface area contributed by atoms with E-state index in [0.717, 1.165) is 11.1 Å². The van der Waals surface area contributed by atoms with Gasteiger partial charge in [-0.3, -0.25) is 0 Å². The lowest BCUT2D eigenvalue weighted by Crippen LogP contribution is -1.98. The second-order valence-electron chi connectivity index (χ2n) is 4.31. The predicted molar refractivity (Wildman–Crippen MR) is 81.6 cm³/mol. The van der Waals surface area contributed by atoms with Crippen LogP contribution in [0.5, 0.6) is 23.0 Å². The van der Waals surface area contributed by atoms with E-state index in [0.29, 0.717) is 23.0 Å². The van der Waals surface area contributed by atoms with E-state index in [1.54, 1.807) is 28.4 Å². The van der Waals surface area contributed by atoms with Gasteiger partial charge in [-0.05, 0) is 12.1 Å². The van der Waals surface area contributed by atoms with Crippen molar-refractivity contribution in [1.82, 2.24) is 0 Å². The van der Waals surface area contributed by atoms with Crippen LogP contribution in [0.2, 0.25) is 0 Å². The van der Waals surface area contributed by atoms with Crippen molar-refractivity contribution in [2.45, 2.75) is 0 Å². The first kappa shape index (κ1) is 15.0. The highest BCUT2D eigenvalue weighted by atomic mass is 16.5. The smallest absolute Gasteiger partial charge is 0.164 e. The summed E-state index contributed by atoms with van der Waals surface area (Å²) in [7, 11) is 6.48. The van der Waals surface area contributed by atoms with Crippen LogP contribution in [-0.4, -0.2) is 28.4 Å². The molecule has 0 unspecified atom stereocenters. The van der Waals surface area contributed by atoms with Crippen molar-refractivity contribution in [3.8, 4) is 23.0 Å². The molecule has 111 valence electrons. The molecule has 0 amide bonds. The molecule has 4 heteroatoms. The van der Waals surface area contributed by atoms with Gasteiger partial charge in [0, 0.05) is 17.5 Å². The van der Waals surface area contributed by atoms with Gasteiger partial charge in [0.2, 0.25) is 0 Å². The second kappa shape index (κ2) is 6.88. The fourth-order valence-corrected chi connectivity index (χ4v) is 2.22. The van der Waals surface area contributed by atoms with Crippen LogP contribution in [0.15, 0.2) is 36.4 Å². The second-order valence-corrected chi connectivity index (χ2v) is 4.31. The summed E-state index contributed by atoms with van der Waals surface area (Å²) < 4.78 is 21.5. The zero-order chi connectivity index (χ0) is 15.2. The Balaban J connectivity index is 2.43. The minimum atomic E-state index is 0.685. The van der Waals surface area contributed by atoms with Crippen LogP contribution in [-0.2, 0) is 0 Å². The van der Waals surface area contributed by atoms with E-state index in [-0.39, 0.29) is 0 Å². The Morgan fingerprint density at radius 1 is 0.619 bits per heavy atom. The summed E-state index contributed by atoms with van der Waals surface area (Å²) in [4.78, 5) is 0. The van der Waals surface area contributed by atoms with E-state index < -0.39 is 0 Å². The van der Waals surface area contributed by atoms with Crippen LogP contribution in [0.3, 0.4) is 0 Å². The molecule has 2 aromatic carbocycles. The standard InChI is InChI=1S/C17H19O4/c1-18-14-9-5-7-12(16(14)20-3)11-13-8-6-10-15(19-2)17(13)21-4/h5-11H,1-4H3. The summed E-state index contributed by atoms with van der Waals surface area (Å²) in [5, 5.41) is 0. The third kappa shape index (κ3) is 3.05. The third-order valence-electron chi connectivity index (χ3n) is 3.18. The van der Waals surface area contributed by atoms with Crippen LogP contribution in [0.25, 0.3) is 0 Å². The maximum absolute atomic E-state index is 5.44. The summed E-state index contributed by atoms with van der Waals surface area (Å²) in [6.45, 7) is 0. The fourth-order valence-electron chi connectivity index (χ4n) is 2.22. The molecule has 0 saturated carbocycles. The van der Waals surface area contributed by atoms with Crippen LogP contribution in [0.1, 0.15) is 11.1 Å². The molecule has 0 saturated heterocycles. The summed E-state index contributed by atoms with van der Waals surface area (Å²) in [5.41, 5.74) is 1.81. The van der Waals surface area contributed by atoms with Gasteiger partial charge >= 0.3 is 0 Å². The van der Waals surface area contributed by atoms with Crippen molar-refractivity contribution in [3.05, 3.63) is 53.9 Å². The number of methoxy groups -OCH3 is 4. The van der Waals surface area contributed by atoms with Crippen LogP contribution < -0.4 is 18.9 Å². The normalized spacial score (nSPS) is 10.1. The summed E-state index contributed by atoms with van der Waals surface area (Å²) in [6.07, 6.45) is 1.97.